The van der Waals surface area contributed by atoms with E-state index >= 15 is 0 Å². The predicted octanol–water partition coefficient (Wildman–Crippen LogP) is 1.96. The Kier molecular flexibility index (Phi) is 4.81. The van der Waals surface area contributed by atoms with E-state index in [-0.39, 0.29) is 0 Å². The van der Waals surface area contributed by atoms with Gasteiger partial charge in [0.2, 0.25) is 5.95 Å². The van der Waals surface area contributed by atoms with E-state index in [0.29, 0.717) is 29.8 Å². The van der Waals surface area contributed by atoms with Crippen molar-refractivity contribution in [3.63, 3.8) is 0 Å². The zero-order valence-corrected chi connectivity index (χ0v) is 16.5. The number of hydrogen-bond donors (Lipinski definition) is 3. The van der Waals surface area contributed by atoms with Crippen LogP contribution in [0.5, 0.6) is 0 Å². The van der Waals surface area contributed by atoms with Crippen LogP contribution in [0.3, 0.4) is 0 Å². The number of carbonyl (C=O) groups excluding carboxylic acids is 1. The second-order valence-electron chi connectivity index (χ2n) is 6.98. The molecule has 3 heterocycles. The Bertz CT molecular complexity index is 1400. The van der Waals surface area contributed by atoms with Crippen LogP contribution in [-0.2, 0) is 0 Å². The topological polar surface area (TPSA) is 138 Å². The quantitative estimate of drug-likeness (QED) is 0.421. The van der Waals surface area contributed by atoms with Gasteiger partial charge in [-0.2, -0.15) is 20.1 Å². The van der Waals surface area contributed by atoms with Crippen LogP contribution in [-0.4, -0.2) is 39.3 Å². The van der Waals surface area contributed by atoms with E-state index in [2.05, 4.69) is 35.4 Å². The highest BCUT2D eigenvalue weighted by Gasteiger charge is 2.15. The molecule has 2 aromatic carbocycles. The average molecular weight is 413 g/mol. The van der Waals surface area contributed by atoms with E-state index in [9.17, 15) is 4.79 Å². The largest absolute Gasteiger partial charge is 0.368 e. The van der Waals surface area contributed by atoms with Crippen molar-refractivity contribution in [2.24, 2.45) is 15.7 Å². The Morgan fingerprint density at radius 2 is 2.00 bits per heavy atom. The second kappa shape index (κ2) is 7.92. The van der Waals surface area contributed by atoms with E-state index in [1.807, 2.05) is 30.3 Å². The molecule has 0 unspecified atom stereocenters. The molecule has 154 valence electrons. The number of amides is 2. The maximum atomic E-state index is 11.4. The number of carbonyl (C=O) groups is 1. The minimum atomic E-state index is -0.491. The highest BCUT2D eigenvalue weighted by atomic mass is 16.2. The molecule has 31 heavy (non-hydrogen) atoms. The summed E-state index contributed by atoms with van der Waals surface area (Å²) in [6.45, 7) is 1.26. The molecule has 1 aliphatic rings. The molecule has 0 spiro atoms. The number of fused-ring (bicyclic) bond motifs is 2. The molecule has 1 aliphatic heterocycles. The molecule has 0 saturated heterocycles. The molecule has 2 amide bonds. The third-order valence-electron chi connectivity index (χ3n) is 4.92. The van der Waals surface area contributed by atoms with Gasteiger partial charge in [-0.3, -0.25) is 5.10 Å². The van der Waals surface area contributed by atoms with Crippen LogP contribution >= 0.6 is 0 Å². The number of nitrogens with one attached hydrogen (secondary N) is 2. The van der Waals surface area contributed by atoms with Crippen molar-refractivity contribution in [1.29, 1.82) is 0 Å². The van der Waals surface area contributed by atoms with E-state index in [1.54, 1.807) is 24.5 Å². The van der Waals surface area contributed by atoms with Crippen LogP contribution in [0, 0.1) is 0 Å². The van der Waals surface area contributed by atoms with Crippen molar-refractivity contribution in [3.05, 3.63) is 65.6 Å². The number of urea groups is 1. The first-order valence-electron chi connectivity index (χ1n) is 9.82. The molecule has 0 atom stereocenters. The monoisotopic (exact) mass is 413 g/mol. The number of aromatic amines is 1. The third kappa shape index (κ3) is 3.71. The molecule has 0 bridgehead atoms. The van der Waals surface area contributed by atoms with Crippen molar-refractivity contribution < 1.29 is 4.79 Å². The Morgan fingerprint density at radius 1 is 1.10 bits per heavy atom. The smallest absolute Gasteiger partial charge is 0.330 e. The van der Waals surface area contributed by atoms with Gasteiger partial charge in [-0.25, -0.2) is 9.78 Å². The SMILES string of the molecule is NCCCN(c1ccnc(Nc2ccc3c(c2)=NC(=O)N=3)n1)c1cccc2[nH]ncc12. The number of nitrogens with zero attached hydrogens (tertiary/aromatic N) is 6. The number of rotatable bonds is 7. The standard InChI is InChI=1S/C21H19N9O/c22-8-2-10-30(18-4-1-3-15-14(18)12-24-29-15)19-7-9-23-20(28-19)25-13-5-6-16-17(11-13)27-21(31)26-16/h1,3-7,9,11-12H,2,8,10,22H2,(H,24,29)(H,23,25,28). The molecule has 4 aromatic rings. The van der Waals surface area contributed by atoms with E-state index < -0.39 is 6.03 Å². The predicted molar refractivity (Wildman–Crippen MR) is 116 cm³/mol. The maximum Gasteiger partial charge on any atom is 0.368 e. The first kappa shape index (κ1) is 18.8. The Labute approximate surface area is 176 Å². The summed E-state index contributed by atoms with van der Waals surface area (Å²) >= 11 is 0. The molecule has 4 N–H and O–H groups in total. The van der Waals surface area contributed by atoms with Crippen molar-refractivity contribution in [2.75, 3.05) is 23.3 Å². The van der Waals surface area contributed by atoms with Gasteiger partial charge in [0.15, 0.2) is 0 Å². The zero-order valence-electron chi connectivity index (χ0n) is 16.5. The van der Waals surface area contributed by atoms with Crippen molar-refractivity contribution in [1.82, 2.24) is 20.2 Å². The van der Waals surface area contributed by atoms with Gasteiger partial charge in [0.05, 0.1) is 28.1 Å². The maximum absolute atomic E-state index is 11.4. The lowest BCUT2D eigenvalue weighted by Gasteiger charge is -2.24. The minimum absolute atomic E-state index is 0.427. The van der Waals surface area contributed by atoms with Crippen LogP contribution < -0.4 is 26.7 Å². The van der Waals surface area contributed by atoms with Crippen LogP contribution in [0.4, 0.5) is 27.9 Å². The Balaban J connectivity index is 1.49. The first-order chi connectivity index (χ1) is 15.2. The fourth-order valence-corrected chi connectivity index (χ4v) is 3.50. The van der Waals surface area contributed by atoms with Crippen molar-refractivity contribution in [3.8, 4) is 0 Å². The van der Waals surface area contributed by atoms with Gasteiger partial charge in [-0.1, -0.05) is 6.07 Å². The van der Waals surface area contributed by atoms with Crippen LogP contribution in [0.25, 0.3) is 10.9 Å². The van der Waals surface area contributed by atoms with Crippen molar-refractivity contribution >= 4 is 40.1 Å². The zero-order chi connectivity index (χ0) is 21.2. The van der Waals surface area contributed by atoms with Crippen LogP contribution in [0.15, 0.2) is 64.8 Å². The molecule has 2 aromatic heterocycles. The lowest BCUT2D eigenvalue weighted by Crippen LogP contribution is -2.23. The summed E-state index contributed by atoms with van der Waals surface area (Å²) in [5, 5.41) is 12.4. The van der Waals surface area contributed by atoms with Gasteiger partial charge in [-0.05, 0) is 49.4 Å². The van der Waals surface area contributed by atoms with E-state index in [0.717, 1.165) is 34.5 Å². The molecule has 5 rings (SSSR count). The lowest BCUT2D eigenvalue weighted by molar-refractivity contribution is 0.256. The highest BCUT2D eigenvalue weighted by Crippen LogP contribution is 2.31. The second-order valence-corrected chi connectivity index (χ2v) is 6.98. The highest BCUT2D eigenvalue weighted by molar-refractivity contribution is 5.93. The van der Waals surface area contributed by atoms with Gasteiger partial charge in [0.25, 0.3) is 0 Å². The minimum Gasteiger partial charge on any atom is -0.330 e. The number of benzene rings is 2. The summed E-state index contributed by atoms with van der Waals surface area (Å²) in [5.41, 5.74) is 8.43. The van der Waals surface area contributed by atoms with Gasteiger partial charge in [0, 0.05) is 23.8 Å². The van der Waals surface area contributed by atoms with Crippen molar-refractivity contribution in [2.45, 2.75) is 6.42 Å². The van der Waals surface area contributed by atoms with Gasteiger partial charge in [-0.15, -0.1) is 0 Å². The average Bonchev–Trinajstić information content (AvgIpc) is 3.40. The molecule has 0 aliphatic carbocycles. The van der Waals surface area contributed by atoms with Gasteiger partial charge >= 0.3 is 6.03 Å². The number of anilines is 4. The summed E-state index contributed by atoms with van der Waals surface area (Å²) in [7, 11) is 0. The molecule has 0 saturated carbocycles. The molecule has 0 fully saturated rings. The summed E-state index contributed by atoms with van der Waals surface area (Å²) in [6.07, 6.45) is 4.30. The molecule has 10 heteroatoms. The van der Waals surface area contributed by atoms with E-state index in [1.165, 1.54) is 0 Å². The lowest BCUT2D eigenvalue weighted by atomic mass is 10.2. The summed E-state index contributed by atoms with van der Waals surface area (Å²) < 4.78 is 0. The first-order valence-corrected chi connectivity index (χ1v) is 9.82. The molecular weight excluding hydrogens is 394 g/mol. The molecule has 10 nitrogen and oxygen atoms in total. The fraction of sp³-hybridized carbons (Fsp3) is 0.143. The molecule has 0 radical (unpaired) electrons. The Morgan fingerprint density at radius 3 is 2.90 bits per heavy atom. The normalized spacial score (nSPS) is 12.4. The summed E-state index contributed by atoms with van der Waals surface area (Å²) in [4.78, 5) is 30.2. The van der Waals surface area contributed by atoms with Crippen LogP contribution in [0.1, 0.15) is 6.42 Å². The Hall–Kier alpha value is -4.18. The van der Waals surface area contributed by atoms with Gasteiger partial charge in [0.1, 0.15) is 5.82 Å². The summed E-state index contributed by atoms with van der Waals surface area (Å²) in [6, 6.07) is 12.7. The van der Waals surface area contributed by atoms with Gasteiger partial charge < -0.3 is 16.0 Å². The fourth-order valence-electron chi connectivity index (χ4n) is 3.50. The number of aromatic nitrogens is 4. The van der Waals surface area contributed by atoms with E-state index in [4.69, 9.17) is 10.7 Å². The number of nitrogens with two attached hydrogens (primary N) is 1. The summed E-state index contributed by atoms with van der Waals surface area (Å²) in [5.74, 6) is 1.16. The molecular formula is C21H19N9O. The number of hydrogen-bond acceptors (Lipinski definition) is 7. The van der Waals surface area contributed by atoms with Crippen LogP contribution in [0.2, 0.25) is 0 Å². The number of H-pyrrole nitrogens is 1. The third-order valence-corrected chi connectivity index (χ3v) is 4.92.